The first-order chi connectivity index (χ1) is 12.3. The maximum atomic E-state index is 12.7. The Labute approximate surface area is 154 Å². The van der Waals surface area contributed by atoms with Gasteiger partial charge in [-0.05, 0) is 37.6 Å². The second kappa shape index (κ2) is 7.50. The highest BCUT2D eigenvalue weighted by Crippen LogP contribution is 2.31. The summed E-state index contributed by atoms with van der Waals surface area (Å²) < 4.78 is 38.1. The SMILES string of the molecule is Cc1ccc(CSc2cc(C)nc(-c3ccc(C(F)(F)F)cc3)n2)cc1. The fourth-order valence-corrected chi connectivity index (χ4v) is 3.30. The molecule has 2 nitrogen and oxygen atoms in total. The second-order valence-corrected chi connectivity index (χ2v) is 7.02. The number of nitrogens with zero attached hydrogens (tertiary/aromatic N) is 2. The fraction of sp³-hybridized carbons (Fsp3) is 0.200. The molecule has 0 spiro atoms. The Morgan fingerprint density at radius 2 is 1.54 bits per heavy atom. The third kappa shape index (κ3) is 4.64. The van der Waals surface area contributed by atoms with Crippen LogP contribution in [0.5, 0.6) is 0 Å². The monoisotopic (exact) mass is 374 g/mol. The van der Waals surface area contributed by atoms with Crippen LogP contribution in [0.4, 0.5) is 13.2 Å². The summed E-state index contributed by atoms with van der Waals surface area (Å²) >= 11 is 1.58. The van der Waals surface area contributed by atoms with Crippen molar-refractivity contribution in [2.24, 2.45) is 0 Å². The Kier molecular flexibility index (Phi) is 5.32. The largest absolute Gasteiger partial charge is 0.416 e. The number of aromatic nitrogens is 2. The molecule has 26 heavy (non-hydrogen) atoms. The second-order valence-electron chi connectivity index (χ2n) is 6.02. The van der Waals surface area contributed by atoms with Crippen molar-refractivity contribution in [1.29, 1.82) is 0 Å². The van der Waals surface area contributed by atoms with E-state index in [4.69, 9.17) is 0 Å². The number of alkyl halides is 3. The number of aryl methyl sites for hydroxylation is 2. The standard InChI is InChI=1S/C20H17F3N2S/c1-13-3-5-15(6-4-13)12-26-18-11-14(2)24-19(25-18)16-7-9-17(10-8-16)20(21,22)23/h3-11H,12H2,1-2H3. The number of thioether (sulfide) groups is 1. The Morgan fingerprint density at radius 1 is 0.885 bits per heavy atom. The molecular formula is C20H17F3N2S. The van der Waals surface area contributed by atoms with Crippen molar-refractivity contribution in [1.82, 2.24) is 9.97 Å². The zero-order valence-electron chi connectivity index (χ0n) is 14.3. The van der Waals surface area contributed by atoms with E-state index in [0.29, 0.717) is 11.4 Å². The van der Waals surface area contributed by atoms with Gasteiger partial charge in [-0.15, -0.1) is 11.8 Å². The number of hydrogen-bond acceptors (Lipinski definition) is 3. The maximum Gasteiger partial charge on any atom is 0.416 e. The molecule has 0 fully saturated rings. The zero-order valence-corrected chi connectivity index (χ0v) is 15.2. The average Bonchev–Trinajstić information content (AvgIpc) is 2.60. The predicted octanol–water partition coefficient (Wildman–Crippen LogP) is 6.07. The molecule has 0 amide bonds. The van der Waals surface area contributed by atoms with Gasteiger partial charge in [-0.1, -0.05) is 42.0 Å². The molecule has 6 heteroatoms. The predicted molar refractivity (Wildman–Crippen MR) is 97.9 cm³/mol. The van der Waals surface area contributed by atoms with Crippen LogP contribution < -0.4 is 0 Å². The van der Waals surface area contributed by atoms with Gasteiger partial charge in [-0.25, -0.2) is 9.97 Å². The summed E-state index contributed by atoms with van der Waals surface area (Å²) in [6, 6.07) is 15.1. The lowest BCUT2D eigenvalue weighted by molar-refractivity contribution is -0.137. The van der Waals surface area contributed by atoms with Gasteiger partial charge >= 0.3 is 6.18 Å². The molecule has 0 radical (unpaired) electrons. The lowest BCUT2D eigenvalue weighted by Crippen LogP contribution is -2.04. The van der Waals surface area contributed by atoms with Crippen LogP contribution >= 0.6 is 11.8 Å². The van der Waals surface area contributed by atoms with Crippen LogP contribution in [0.25, 0.3) is 11.4 Å². The van der Waals surface area contributed by atoms with E-state index < -0.39 is 11.7 Å². The molecule has 0 aliphatic rings. The van der Waals surface area contributed by atoms with Gasteiger partial charge in [-0.2, -0.15) is 13.2 Å². The molecule has 1 heterocycles. The van der Waals surface area contributed by atoms with E-state index in [9.17, 15) is 13.2 Å². The average molecular weight is 374 g/mol. The molecular weight excluding hydrogens is 357 g/mol. The maximum absolute atomic E-state index is 12.7. The van der Waals surface area contributed by atoms with Crippen LogP contribution in [-0.4, -0.2) is 9.97 Å². The van der Waals surface area contributed by atoms with Crippen LogP contribution in [0, 0.1) is 13.8 Å². The van der Waals surface area contributed by atoms with Crippen LogP contribution in [-0.2, 0) is 11.9 Å². The molecule has 0 saturated heterocycles. The molecule has 3 aromatic rings. The highest BCUT2D eigenvalue weighted by atomic mass is 32.2. The van der Waals surface area contributed by atoms with Gasteiger partial charge in [0.05, 0.1) is 5.56 Å². The molecule has 0 aliphatic carbocycles. The van der Waals surface area contributed by atoms with E-state index in [2.05, 4.69) is 34.2 Å². The van der Waals surface area contributed by atoms with E-state index in [1.54, 1.807) is 11.8 Å². The summed E-state index contributed by atoms with van der Waals surface area (Å²) in [5, 5.41) is 0.799. The van der Waals surface area contributed by atoms with Crippen molar-refractivity contribution in [3.05, 3.63) is 77.0 Å². The quantitative estimate of drug-likeness (QED) is 0.409. The molecule has 134 valence electrons. The highest BCUT2D eigenvalue weighted by Gasteiger charge is 2.30. The lowest BCUT2D eigenvalue weighted by atomic mass is 10.1. The minimum Gasteiger partial charge on any atom is -0.233 e. The molecule has 0 bridgehead atoms. The Morgan fingerprint density at radius 3 is 2.15 bits per heavy atom. The fourth-order valence-electron chi connectivity index (χ4n) is 2.39. The number of rotatable bonds is 4. The minimum absolute atomic E-state index is 0.435. The molecule has 0 saturated carbocycles. The molecule has 1 aromatic heterocycles. The van der Waals surface area contributed by atoms with Crippen molar-refractivity contribution >= 4 is 11.8 Å². The van der Waals surface area contributed by atoms with Crippen molar-refractivity contribution < 1.29 is 13.2 Å². The van der Waals surface area contributed by atoms with E-state index in [0.717, 1.165) is 28.6 Å². The van der Waals surface area contributed by atoms with E-state index in [1.807, 2.05) is 19.9 Å². The van der Waals surface area contributed by atoms with Gasteiger partial charge in [0, 0.05) is 17.0 Å². The Hall–Kier alpha value is -2.34. The first kappa shape index (κ1) is 18.5. The number of halogens is 3. The molecule has 0 atom stereocenters. The molecule has 0 N–H and O–H groups in total. The minimum atomic E-state index is -4.35. The van der Waals surface area contributed by atoms with Gasteiger partial charge in [0.1, 0.15) is 5.03 Å². The van der Waals surface area contributed by atoms with Crippen molar-refractivity contribution in [2.45, 2.75) is 30.8 Å². The van der Waals surface area contributed by atoms with Crippen LogP contribution in [0.2, 0.25) is 0 Å². The van der Waals surface area contributed by atoms with E-state index in [-0.39, 0.29) is 0 Å². The van der Waals surface area contributed by atoms with Crippen molar-refractivity contribution in [2.75, 3.05) is 0 Å². The third-order valence-electron chi connectivity index (χ3n) is 3.81. The van der Waals surface area contributed by atoms with Gasteiger partial charge in [0.15, 0.2) is 5.82 Å². The smallest absolute Gasteiger partial charge is 0.233 e. The van der Waals surface area contributed by atoms with E-state index in [1.165, 1.54) is 23.3 Å². The topological polar surface area (TPSA) is 25.8 Å². The summed E-state index contributed by atoms with van der Waals surface area (Å²) in [6.45, 7) is 3.90. The lowest BCUT2D eigenvalue weighted by Gasteiger charge is -2.09. The molecule has 2 aromatic carbocycles. The third-order valence-corrected chi connectivity index (χ3v) is 4.79. The summed E-state index contributed by atoms with van der Waals surface area (Å²) in [4.78, 5) is 8.86. The summed E-state index contributed by atoms with van der Waals surface area (Å²) in [5.74, 6) is 1.20. The van der Waals surface area contributed by atoms with Gasteiger partial charge < -0.3 is 0 Å². The molecule has 0 aliphatic heterocycles. The Balaban J connectivity index is 1.80. The zero-order chi connectivity index (χ0) is 18.7. The van der Waals surface area contributed by atoms with Crippen LogP contribution in [0.1, 0.15) is 22.4 Å². The number of hydrogen-bond donors (Lipinski definition) is 0. The first-order valence-corrected chi connectivity index (χ1v) is 9.01. The normalized spacial score (nSPS) is 11.6. The Bertz CT molecular complexity index is 888. The molecule has 3 rings (SSSR count). The van der Waals surface area contributed by atoms with Gasteiger partial charge in [0.25, 0.3) is 0 Å². The van der Waals surface area contributed by atoms with Gasteiger partial charge in [0.2, 0.25) is 0 Å². The van der Waals surface area contributed by atoms with E-state index >= 15 is 0 Å². The van der Waals surface area contributed by atoms with Crippen molar-refractivity contribution in [3.8, 4) is 11.4 Å². The number of benzene rings is 2. The summed E-state index contributed by atoms with van der Waals surface area (Å²) in [7, 11) is 0. The van der Waals surface area contributed by atoms with Crippen LogP contribution in [0.3, 0.4) is 0 Å². The highest BCUT2D eigenvalue weighted by molar-refractivity contribution is 7.98. The molecule has 0 unspecified atom stereocenters. The first-order valence-electron chi connectivity index (χ1n) is 8.03. The van der Waals surface area contributed by atoms with Crippen molar-refractivity contribution in [3.63, 3.8) is 0 Å². The summed E-state index contributed by atoms with van der Waals surface area (Å²) in [5.41, 5.74) is 3.07. The van der Waals surface area contributed by atoms with Gasteiger partial charge in [-0.3, -0.25) is 0 Å². The summed E-state index contributed by atoms with van der Waals surface area (Å²) in [6.07, 6.45) is -4.35. The van der Waals surface area contributed by atoms with Crippen LogP contribution in [0.15, 0.2) is 59.6 Å².